The number of nitrogens with one attached hydrogen (secondary N) is 1. The average molecular weight is 311 g/mol. The number of aromatic amines is 1. The van der Waals surface area contributed by atoms with Gasteiger partial charge in [-0.3, -0.25) is 4.57 Å². The summed E-state index contributed by atoms with van der Waals surface area (Å²) in [6, 6.07) is 6.03. The van der Waals surface area contributed by atoms with E-state index in [4.69, 9.17) is 17.3 Å². The molecule has 1 aromatic heterocycles. The fourth-order valence-electron chi connectivity index (χ4n) is 2.14. The lowest BCUT2D eigenvalue weighted by molar-refractivity contribution is 0.642. The van der Waals surface area contributed by atoms with Crippen LogP contribution in [0.1, 0.15) is 24.4 Å². The standard InChI is InChI=1S/C13H15ClN4OS/c14-10-2-1-3-11(9(10)6-7-15)20-13-17-16-12(19)18(13)8-4-5-8/h1-3,8H,4-7,15H2,(H,16,19). The first-order chi connectivity index (χ1) is 9.70. The van der Waals surface area contributed by atoms with Crippen LogP contribution in [0.5, 0.6) is 0 Å². The summed E-state index contributed by atoms with van der Waals surface area (Å²) in [4.78, 5) is 12.8. The van der Waals surface area contributed by atoms with Gasteiger partial charge in [-0.2, -0.15) is 0 Å². The number of hydrogen-bond donors (Lipinski definition) is 2. The largest absolute Gasteiger partial charge is 0.344 e. The van der Waals surface area contributed by atoms with E-state index in [-0.39, 0.29) is 5.69 Å². The van der Waals surface area contributed by atoms with Gasteiger partial charge in [-0.1, -0.05) is 17.7 Å². The monoisotopic (exact) mass is 310 g/mol. The van der Waals surface area contributed by atoms with Crippen LogP contribution in [0.4, 0.5) is 0 Å². The molecule has 0 aliphatic heterocycles. The van der Waals surface area contributed by atoms with E-state index >= 15 is 0 Å². The van der Waals surface area contributed by atoms with Crippen LogP contribution in [0.25, 0.3) is 0 Å². The van der Waals surface area contributed by atoms with Crippen molar-refractivity contribution in [3.63, 3.8) is 0 Å². The van der Waals surface area contributed by atoms with Crippen molar-refractivity contribution in [2.45, 2.75) is 35.4 Å². The van der Waals surface area contributed by atoms with Gasteiger partial charge in [0.05, 0.1) is 0 Å². The van der Waals surface area contributed by atoms with Crippen LogP contribution in [0, 0.1) is 0 Å². The van der Waals surface area contributed by atoms with Gasteiger partial charge in [0.2, 0.25) is 0 Å². The summed E-state index contributed by atoms with van der Waals surface area (Å²) in [6.07, 6.45) is 2.79. The maximum absolute atomic E-state index is 11.8. The van der Waals surface area contributed by atoms with E-state index in [1.165, 1.54) is 11.8 Å². The number of halogens is 1. The summed E-state index contributed by atoms with van der Waals surface area (Å²) in [5.74, 6) is 0. The summed E-state index contributed by atoms with van der Waals surface area (Å²) in [6.45, 7) is 0.535. The number of rotatable bonds is 5. The van der Waals surface area contributed by atoms with E-state index in [0.29, 0.717) is 29.2 Å². The molecule has 1 aromatic carbocycles. The Hall–Kier alpha value is -1.24. The lowest BCUT2D eigenvalue weighted by Crippen LogP contribution is -2.16. The molecule has 7 heteroatoms. The maximum atomic E-state index is 11.8. The highest BCUT2D eigenvalue weighted by molar-refractivity contribution is 7.99. The van der Waals surface area contributed by atoms with Crippen molar-refractivity contribution in [2.24, 2.45) is 5.73 Å². The smallest absolute Gasteiger partial charge is 0.330 e. The minimum atomic E-state index is -0.141. The van der Waals surface area contributed by atoms with Crippen molar-refractivity contribution >= 4 is 23.4 Å². The number of nitrogens with two attached hydrogens (primary N) is 1. The van der Waals surface area contributed by atoms with Crippen molar-refractivity contribution < 1.29 is 0 Å². The van der Waals surface area contributed by atoms with Gasteiger partial charge in [-0.05, 0) is 55.3 Å². The van der Waals surface area contributed by atoms with Crippen LogP contribution >= 0.6 is 23.4 Å². The molecule has 1 aliphatic rings. The Morgan fingerprint density at radius 2 is 2.30 bits per heavy atom. The van der Waals surface area contributed by atoms with Gasteiger partial charge in [0, 0.05) is 16.0 Å². The van der Waals surface area contributed by atoms with Gasteiger partial charge in [0.1, 0.15) is 0 Å². The minimum Gasteiger partial charge on any atom is -0.330 e. The van der Waals surface area contributed by atoms with Crippen LogP contribution in [-0.2, 0) is 6.42 Å². The molecule has 0 saturated heterocycles. The minimum absolute atomic E-state index is 0.141. The van der Waals surface area contributed by atoms with Gasteiger partial charge >= 0.3 is 5.69 Å². The Morgan fingerprint density at radius 1 is 1.50 bits per heavy atom. The zero-order valence-electron chi connectivity index (χ0n) is 10.8. The zero-order valence-corrected chi connectivity index (χ0v) is 12.4. The van der Waals surface area contributed by atoms with Crippen LogP contribution in [0.15, 0.2) is 33.0 Å². The fraction of sp³-hybridized carbons (Fsp3) is 0.385. The second kappa shape index (κ2) is 5.63. The molecule has 0 bridgehead atoms. The number of nitrogens with zero attached hydrogens (tertiary/aromatic N) is 2. The number of hydrogen-bond acceptors (Lipinski definition) is 4. The second-order valence-electron chi connectivity index (χ2n) is 4.77. The highest BCUT2D eigenvalue weighted by Gasteiger charge is 2.29. The van der Waals surface area contributed by atoms with E-state index in [0.717, 1.165) is 23.3 Å². The van der Waals surface area contributed by atoms with Gasteiger partial charge in [-0.25, -0.2) is 9.89 Å². The van der Waals surface area contributed by atoms with Gasteiger partial charge in [-0.15, -0.1) is 5.10 Å². The van der Waals surface area contributed by atoms with Gasteiger partial charge in [0.25, 0.3) is 0 Å². The first-order valence-corrected chi connectivity index (χ1v) is 7.72. The molecule has 0 radical (unpaired) electrons. The lowest BCUT2D eigenvalue weighted by atomic mass is 10.1. The second-order valence-corrected chi connectivity index (χ2v) is 6.19. The van der Waals surface area contributed by atoms with Crippen LogP contribution in [0.2, 0.25) is 5.02 Å². The summed E-state index contributed by atoms with van der Waals surface area (Å²) in [7, 11) is 0. The predicted molar refractivity (Wildman–Crippen MR) is 79.5 cm³/mol. The van der Waals surface area contributed by atoms with E-state index in [1.54, 1.807) is 4.57 Å². The Bertz CT molecular complexity index is 677. The summed E-state index contributed by atoms with van der Waals surface area (Å²) in [5.41, 5.74) is 6.51. The molecule has 0 unspecified atom stereocenters. The Labute approximate surface area is 125 Å². The first kappa shape index (κ1) is 13.7. The van der Waals surface area contributed by atoms with Gasteiger partial charge < -0.3 is 5.73 Å². The van der Waals surface area contributed by atoms with Crippen LogP contribution in [-0.4, -0.2) is 21.3 Å². The van der Waals surface area contributed by atoms with Crippen molar-refractivity contribution in [3.05, 3.63) is 39.3 Å². The topological polar surface area (TPSA) is 76.7 Å². The Balaban J connectivity index is 1.95. The van der Waals surface area contributed by atoms with Crippen molar-refractivity contribution in [1.82, 2.24) is 14.8 Å². The van der Waals surface area contributed by atoms with E-state index in [1.807, 2.05) is 18.2 Å². The highest BCUT2D eigenvalue weighted by atomic mass is 35.5. The fourth-order valence-corrected chi connectivity index (χ4v) is 3.56. The highest BCUT2D eigenvalue weighted by Crippen LogP contribution is 2.39. The Morgan fingerprint density at radius 3 is 3.00 bits per heavy atom. The summed E-state index contributed by atoms with van der Waals surface area (Å²) < 4.78 is 1.73. The molecule has 106 valence electrons. The molecule has 1 saturated carbocycles. The van der Waals surface area contributed by atoms with Gasteiger partial charge in [0.15, 0.2) is 5.16 Å². The molecule has 3 N–H and O–H groups in total. The normalized spacial score (nSPS) is 14.7. The summed E-state index contributed by atoms with van der Waals surface area (Å²) >= 11 is 7.69. The van der Waals surface area contributed by atoms with Crippen molar-refractivity contribution in [1.29, 1.82) is 0 Å². The molecular weight excluding hydrogens is 296 g/mol. The Kier molecular flexibility index (Phi) is 3.87. The molecule has 3 rings (SSSR count). The molecule has 1 fully saturated rings. The quantitative estimate of drug-likeness (QED) is 0.887. The summed E-state index contributed by atoms with van der Waals surface area (Å²) in [5, 5.41) is 8.04. The molecule has 1 heterocycles. The third kappa shape index (κ3) is 2.63. The molecule has 0 atom stereocenters. The van der Waals surface area contributed by atoms with Crippen molar-refractivity contribution in [2.75, 3.05) is 6.54 Å². The van der Waals surface area contributed by atoms with Crippen LogP contribution in [0.3, 0.4) is 0 Å². The first-order valence-electron chi connectivity index (χ1n) is 6.53. The third-order valence-electron chi connectivity index (χ3n) is 3.26. The SMILES string of the molecule is NCCc1c(Cl)cccc1Sc1n[nH]c(=O)n1C1CC1. The predicted octanol–water partition coefficient (Wildman–Crippen LogP) is 2.21. The number of aromatic nitrogens is 3. The third-order valence-corrected chi connectivity index (χ3v) is 4.68. The molecular formula is C13H15ClN4OS. The van der Waals surface area contributed by atoms with E-state index < -0.39 is 0 Å². The molecule has 0 spiro atoms. The zero-order chi connectivity index (χ0) is 14.1. The molecule has 1 aliphatic carbocycles. The molecule has 2 aromatic rings. The van der Waals surface area contributed by atoms with E-state index in [9.17, 15) is 4.79 Å². The van der Waals surface area contributed by atoms with Crippen LogP contribution < -0.4 is 11.4 Å². The average Bonchev–Trinajstić information content (AvgIpc) is 3.19. The van der Waals surface area contributed by atoms with E-state index in [2.05, 4.69) is 10.2 Å². The molecule has 0 amide bonds. The van der Waals surface area contributed by atoms with Crippen molar-refractivity contribution in [3.8, 4) is 0 Å². The maximum Gasteiger partial charge on any atom is 0.344 e. The molecule has 5 nitrogen and oxygen atoms in total. The molecule has 20 heavy (non-hydrogen) atoms. The number of H-pyrrole nitrogens is 1. The number of benzene rings is 1. The lowest BCUT2D eigenvalue weighted by Gasteiger charge is -2.10.